The number of hydrogen-bond acceptors (Lipinski definition) is 4. The SMILES string of the molecule is CC1(C)OB(c2ccc(OSC3CC3)cc2)OC1(C)C. The van der Waals surface area contributed by atoms with Crippen molar-refractivity contribution in [3.63, 3.8) is 0 Å². The molecule has 0 amide bonds. The summed E-state index contributed by atoms with van der Waals surface area (Å²) in [6.45, 7) is 8.26. The van der Waals surface area contributed by atoms with Crippen molar-refractivity contribution in [1.29, 1.82) is 0 Å². The Kier molecular flexibility index (Phi) is 3.55. The summed E-state index contributed by atoms with van der Waals surface area (Å²) in [7, 11) is -0.301. The van der Waals surface area contributed by atoms with E-state index >= 15 is 0 Å². The second-order valence-corrected chi connectivity index (χ2v) is 7.56. The summed E-state index contributed by atoms with van der Waals surface area (Å²) < 4.78 is 17.7. The maximum absolute atomic E-state index is 6.03. The lowest BCUT2D eigenvalue weighted by atomic mass is 9.79. The van der Waals surface area contributed by atoms with Crippen LogP contribution in [0, 0.1) is 0 Å². The Morgan fingerprint density at radius 3 is 2.10 bits per heavy atom. The van der Waals surface area contributed by atoms with Gasteiger partial charge in [0.2, 0.25) is 0 Å². The molecule has 0 radical (unpaired) electrons. The Labute approximate surface area is 125 Å². The largest absolute Gasteiger partial charge is 0.494 e. The van der Waals surface area contributed by atoms with Crippen molar-refractivity contribution in [2.75, 3.05) is 0 Å². The second-order valence-electron chi connectivity index (χ2n) is 6.54. The zero-order valence-corrected chi connectivity index (χ0v) is 13.3. The van der Waals surface area contributed by atoms with E-state index in [4.69, 9.17) is 13.5 Å². The van der Waals surface area contributed by atoms with Gasteiger partial charge in [0.1, 0.15) is 5.75 Å². The lowest BCUT2D eigenvalue weighted by Gasteiger charge is -2.32. The molecule has 5 heteroatoms. The molecule has 0 bridgehead atoms. The topological polar surface area (TPSA) is 27.7 Å². The summed E-state index contributed by atoms with van der Waals surface area (Å²) in [6, 6.07) is 8.00. The van der Waals surface area contributed by atoms with Gasteiger partial charge in [-0.15, -0.1) is 0 Å². The van der Waals surface area contributed by atoms with Crippen molar-refractivity contribution in [2.45, 2.75) is 57.0 Å². The molecule has 0 aromatic heterocycles. The molecule has 1 aromatic carbocycles. The molecule has 1 heterocycles. The third kappa shape index (κ3) is 2.85. The monoisotopic (exact) mass is 292 g/mol. The molecule has 0 N–H and O–H groups in total. The van der Waals surface area contributed by atoms with Crippen LogP contribution in [0.5, 0.6) is 5.75 Å². The first kappa shape index (κ1) is 14.3. The molecule has 20 heavy (non-hydrogen) atoms. The van der Waals surface area contributed by atoms with Gasteiger partial charge in [-0.05, 0) is 58.1 Å². The molecule has 1 aliphatic carbocycles. The van der Waals surface area contributed by atoms with Crippen molar-refractivity contribution < 1.29 is 13.5 Å². The molecule has 108 valence electrons. The molecule has 3 rings (SSSR count). The highest BCUT2D eigenvalue weighted by atomic mass is 32.2. The third-order valence-electron chi connectivity index (χ3n) is 4.21. The van der Waals surface area contributed by atoms with E-state index in [9.17, 15) is 0 Å². The second kappa shape index (κ2) is 4.97. The zero-order chi connectivity index (χ0) is 14.4. The average Bonchev–Trinajstić information content (AvgIpc) is 3.16. The van der Waals surface area contributed by atoms with Crippen LogP contribution in [0.15, 0.2) is 24.3 Å². The first-order chi connectivity index (χ1) is 9.37. The van der Waals surface area contributed by atoms with E-state index in [1.165, 1.54) is 12.8 Å². The molecule has 0 atom stereocenters. The lowest BCUT2D eigenvalue weighted by Crippen LogP contribution is -2.41. The summed E-state index contributed by atoms with van der Waals surface area (Å²) in [5.41, 5.74) is 0.441. The Hall–Kier alpha value is -0.645. The minimum Gasteiger partial charge on any atom is -0.426 e. The van der Waals surface area contributed by atoms with Crippen molar-refractivity contribution in [3.8, 4) is 5.75 Å². The van der Waals surface area contributed by atoms with Crippen LogP contribution >= 0.6 is 12.0 Å². The zero-order valence-electron chi connectivity index (χ0n) is 12.5. The number of benzene rings is 1. The standard InChI is InChI=1S/C15H21BO3S/c1-14(2)15(3,4)19-16(18-14)11-5-7-12(8-6-11)17-20-13-9-10-13/h5-8,13H,9-10H2,1-4H3. The van der Waals surface area contributed by atoms with Crippen LogP contribution in [0.25, 0.3) is 0 Å². The van der Waals surface area contributed by atoms with E-state index in [1.807, 2.05) is 24.3 Å². The van der Waals surface area contributed by atoms with Crippen molar-refractivity contribution in [3.05, 3.63) is 24.3 Å². The van der Waals surface area contributed by atoms with Crippen LogP contribution in [-0.4, -0.2) is 23.6 Å². The summed E-state index contributed by atoms with van der Waals surface area (Å²) in [6.07, 6.45) is 2.55. The van der Waals surface area contributed by atoms with Gasteiger partial charge in [0.25, 0.3) is 0 Å². The highest BCUT2D eigenvalue weighted by Gasteiger charge is 2.51. The van der Waals surface area contributed by atoms with Crippen LogP contribution in [0.3, 0.4) is 0 Å². The normalized spacial score (nSPS) is 23.9. The first-order valence-electron chi connectivity index (χ1n) is 7.16. The van der Waals surface area contributed by atoms with E-state index < -0.39 is 0 Å². The molecule has 1 aliphatic heterocycles. The highest BCUT2D eigenvalue weighted by molar-refractivity contribution is 7.95. The minimum atomic E-state index is -0.301. The fourth-order valence-corrected chi connectivity index (χ4v) is 2.63. The molecule has 1 aromatic rings. The van der Waals surface area contributed by atoms with Crippen molar-refractivity contribution in [1.82, 2.24) is 0 Å². The maximum Gasteiger partial charge on any atom is 0.494 e. The molecule has 2 fully saturated rings. The van der Waals surface area contributed by atoms with Gasteiger partial charge in [-0.1, -0.05) is 12.1 Å². The molecule has 0 unspecified atom stereocenters. The lowest BCUT2D eigenvalue weighted by molar-refractivity contribution is 0.00578. The molecule has 1 saturated carbocycles. The maximum atomic E-state index is 6.03. The fraction of sp³-hybridized carbons (Fsp3) is 0.600. The van der Waals surface area contributed by atoms with Gasteiger partial charge in [0.15, 0.2) is 0 Å². The Balaban J connectivity index is 1.65. The van der Waals surface area contributed by atoms with E-state index in [0.717, 1.165) is 11.2 Å². The molecule has 1 saturated heterocycles. The van der Waals surface area contributed by atoms with Gasteiger partial charge >= 0.3 is 7.12 Å². The molecular weight excluding hydrogens is 271 g/mol. The molecular formula is C15H21BO3S. The Morgan fingerprint density at radius 2 is 1.60 bits per heavy atom. The van der Waals surface area contributed by atoms with Crippen LogP contribution in [0.2, 0.25) is 0 Å². The Morgan fingerprint density at radius 1 is 1.05 bits per heavy atom. The number of rotatable bonds is 4. The van der Waals surface area contributed by atoms with Crippen LogP contribution < -0.4 is 9.65 Å². The third-order valence-corrected chi connectivity index (χ3v) is 5.24. The highest BCUT2D eigenvalue weighted by Crippen LogP contribution is 2.37. The fourth-order valence-electron chi connectivity index (χ4n) is 1.95. The van der Waals surface area contributed by atoms with Crippen LogP contribution in [0.1, 0.15) is 40.5 Å². The predicted octanol–water partition coefficient (Wildman–Crippen LogP) is 3.18. The van der Waals surface area contributed by atoms with E-state index in [-0.39, 0.29) is 18.3 Å². The van der Waals surface area contributed by atoms with Crippen molar-refractivity contribution in [2.24, 2.45) is 0 Å². The summed E-state index contributed by atoms with van der Waals surface area (Å²) in [5.74, 6) is 0.891. The van der Waals surface area contributed by atoms with Gasteiger partial charge < -0.3 is 13.5 Å². The molecule has 0 spiro atoms. The first-order valence-corrected chi connectivity index (χ1v) is 7.97. The van der Waals surface area contributed by atoms with Crippen LogP contribution in [-0.2, 0) is 9.31 Å². The quantitative estimate of drug-likeness (QED) is 0.629. The van der Waals surface area contributed by atoms with Gasteiger partial charge in [-0.2, -0.15) is 0 Å². The van der Waals surface area contributed by atoms with E-state index in [1.54, 1.807) is 12.0 Å². The Bertz CT molecular complexity index is 466. The van der Waals surface area contributed by atoms with Crippen LogP contribution in [0.4, 0.5) is 0 Å². The average molecular weight is 292 g/mol. The van der Waals surface area contributed by atoms with Gasteiger partial charge in [0.05, 0.1) is 23.2 Å². The van der Waals surface area contributed by atoms with E-state index in [0.29, 0.717) is 5.25 Å². The minimum absolute atomic E-state index is 0.297. The molecule has 2 aliphatic rings. The van der Waals surface area contributed by atoms with Gasteiger partial charge in [0, 0.05) is 5.25 Å². The summed E-state index contributed by atoms with van der Waals surface area (Å²) in [4.78, 5) is 0. The summed E-state index contributed by atoms with van der Waals surface area (Å²) in [5, 5.41) is 0.692. The predicted molar refractivity (Wildman–Crippen MR) is 83.4 cm³/mol. The summed E-state index contributed by atoms with van der Waals surface area (Å²) >= 11 is 1.57. The van der Waals surface area contributed by atoms with E-state index in [2.05, 4.69) is 27.7 Å². The molecule has 3 nitrogen and oxygen atoms in total. The van der Waals surface area contributed by atoms with Gasteiger partial charge in [-0.25, -0.2) is 0 Å². The number of hydrogen-bond donors (Lipinski definition) is 0. The van der Waals surface area contributed by atoms with Gasteiger partial charge in [-0.3, -0.25) is 0 Å². The van der Waals surface area contributed by atoms with Crippen molar-refractivity contribution >= 4 is 24.6 Å². The smallest absolute Gasteiger partial charge is 0.426 e.